The smallest absolute Gasteiger partial charge is 0.160 e. The van der Waals surface area contributed by atoms with Crippen LogP contribution < -0.4 is 0 Å². The van der Waals surface area contributed by atoms with E-state index >= 15 is 0 Å². The number of hydrogen-bond acceptors (Lipinski definition) is 4. The molecular weight excluding hydrogens is 218 g/mol. The summed E-state index contributed by atoms with van der Waals surface area (Å²) in [5, 5.41) is 8.86. The molecule has 0 aromatic rings. The Bertz CT molecular complexity index is 260. The number of hydrogen-bond donors (Lipinski definition) is 0. The molecule has 1 aliphatic carbocycles. The van der Waals surface area contributed by atoms with Crippen molar-refractivity contribution < 1.29 is 14.2 Å². The number of ether oxygens (including phenoxy) is 3. The van der Waals surface area contributed by atoms with Gasteiger partial charge in [0.15, 0.2) is 6.29 Å². The highest BCUT2D eigenvalue weighted by atomic mass is 16.7. The molecule has 0 radical (unpaired) electrons. The van der Waals surface area contributed by atoms with Crippen molar-refractivity contribution in [2.45, 2.75) is 32.0 Å². The van der Waals surface area contributed by atoms with Crippen molar-refractivity contribution in [2.24, 2.45) is 17.8 Å². The van der Waals surface area contributed by atoms with Crippen molar-refractivity contribution in [3.63, 3.8) is 0 Å². The lowest BCUT2D eigenvalue weighted by Crippen LogP contribution is -2.39. The van der Waals surface area contributed by atoms with E-state index < -0.39 is 0 Å². The molecular formula is C13H21NO3. The highest BCUT2D eigenvalue weighted by molar-refractivity contribution is 4.88. The zero-order chi connectivity index (χ0) is 12.1. The topological polar surface area (TPSA) is 51.5 Å². The van der Waals surface area contributed by atoms with Crippen LogP contribution in [-0.2, 0) is 14.2 Å². The summed E-state index contributed by atoms with van der Waals surface area (Å²) in [6, 6.07) is 2.35. The standard InChI is InChI=1S/C13H21NO3/c1-15-7-11-8-16-13(17-9-11)12-4-2-10(6-14)3-5-12/h10-13H,2-5,7-9H2,1H3/t10?,11-,12?,13-. The van der Waals surface area contributed by atoms with E-state index in [-0.39, 0.29) is 12.2 Å². The molecule has 0 spiro atoms. The van der Waals surface area contributed by atoms with Crippen LogP contribution in [0.1, 0.15) is 25.7 Å². The lowest BCUT2D eigenvalue weighted by molar-refractivity contribution is -0.233. The normalized spacial score (nSPS) is 38.6. The summed E-state index contributed by atoms with van der Waals surface area (Å²) >= 11 is 0. The van der Waals surface area contributed by atoms with Gasteiger partial charge in [0, 0.05) is 24.9 Å². The number of rotatable bonds is 3. The van der Waals surface area contributed by atoms with Crippen molar-refractivity contribution in [2.75, 3.05) is 26.9 Å². The van der Waals surface area contributed by atoms with E-state index in [1.807, 2.05) is 0 Å². The van der Waals surface area contributed by atoms with Crippen LogP contribution in [0, 0.1) is 29.1 Å². The first-order chi connectivity index (χ1) is 8.33. The third-order valence-electron chi connectivity index (χ3n) is 3.73. The Balaban J connectivity index is 1.72. The van der Waals surface area contributed by atoms with Gasteiger partial charge in [0.1, 0.15) is 0 Å². The maximum Gasteiger partial charge on any atom is 0.160 e. The minimum atomic E-state index is -0.0530. The Kier molecular flexibility index (Phi) is 4.78. The molecule has 2 aliphatic rings. The molecule has 96 valence electrons. The van der Waals surface area contributed by atoms with Crippen LogP contribution in [0.2, 0.25) is 0 Å². The molecule has 2 fully saturated rings. The minimum absolute atomic E-state index is 0.0530. The van der Waals surface area contributed by atoms with Crippen LogP contribution in [0.15, 0.2) is 0 Å². The van der Waals surface area contributed by atoms with Crippen LogP contribution in [0.5, 0.6) is 0 Å². The van der Waals surface area contributed by atoms with E-state index in [9.17, 15) is 0 Å². The Morgan fingerprint density at radius 2 is 1.82 bits per heavy atom. The van der Waals surface area contributed by atoms with Gasteiger partial charge in [0.25, 0.3) is 0 Å². The van der Waals surface area contributed by atoms with Gasteiger partial charge in [-0.2, -0.15) is 5.26 Å². The molecule has 1 aliphatic heterocycles. The van der Waals surface area contributed by atoms with E-state index in [2.05, 4.69) is 6.07 Å². The summed E-state index contributed by atoms with van der Waals surface area (Å²) in [6.45, 7) is 2.17. The van der Waals surface area contributed by atoms with Gasteiger partial charge >= 0.3 is 0 Å². The maximum absolute atomic E-state index is 8.86. The number of nitrogens with zero attached hydrogens (tertiary/aromatic N) is 1. The monoisotopic (exact) mass is 239 g/mol. The van der Waals surface area contributed by atoms with Crippen LogP contribution >= 0.6 is 0 Å². The summed E-state index contributed by atoms with van der Waals surface area (Å²) < 4.78 is 16.6. The van der Waals surface area contributed by atoms with Gasteiger partial charge in [-0.25, -0.2) is 0 Å². The SMILES string of the molecule is COC[C@H]1CO[C@H](C2CCC(C#N)CC2)OC1. The first-order valence-electron chi connectivity index (χ1n) is 6.45. The van der Waals surface area contributed by atoms with Crippen molar-refractivity contribution in [1.29, 1.82) is 5.26 Å². The van der Waals surface area contributed by atoms with Crippen molar-refractivity contribution in [1.82, 2.24) is 0 Å². The fraction of sp³-hybridized carbons (Fsp3) is 0.923. The molecule has 0 atom stereocenters. The third kappa shape index (κ3) is 3.41. The highest BCUT2D eigenvalue weighted by Gasteiger charge is 2.32. The molecule has 1 heterocycles. The van der Waals surface area contributed by atoms with Gasteiger partial charge in [-0.3, -0.25) is 0 Å². The molecule has 0 aromatic heterocycles. The predicted octanol–water partition coefficient (Wildman–Crippen LogP) is 1.95. The second-order valence-electron chi connectivity index (χ2n) is 5.10. The molecule has 1 saturated heterocycles. The lowest BCUT2D eigenvalue weighted by atomic mass is 9.82. The number of methoxy groups -OCH3 is 1. The Morgan fingerprint density at radius 1 is 1.18 bits per heavy atom. The van der Waals surface area contributed by atoms with E-state index in [0.29, 0.717) is 18.4 Å². The first-order valence-corrected chi connectivity index (χ1v) is 6.45. The van der Waals surface area contributed by atoms with Crippen LogP contribution in [-0.4, -0.2) is 33.2 Å². The average Bonchev–Trinajstić information content (AvgIpc) is 2.40. The fourth-order valence-corrected chi connectivity index (χ4v) is 2.68. The van der Waals surface area contributed by atoms with Crippen LogP contribution in [0.25, 0.3) is 0 Å². The lowest BCUT2D eigenvalue weighted by Gasteiger charge is -2.36. The summed E-state index contributed by atoms with van der Waals surface area (Å²) in [4.78, 5) is 0. The summed E-state index contributed by atoms with van der Waals surface area (Å²) in [7, 11) is 1.70. The number of nitriles is 1. The zero-order valence-corrected chi connectivity index (χ0v) is 10.4. The van der Waals surface area contributed by atoms with E-state index in [0.717, 1.165) is 38.9 Å². The quantitative estimate of drug-likeness (QED) is 0.755. The van der Waals surface area contributed by atoms with Crippen molar-refractivity contribution in [3.05, 3.63) is 0 Å². The zero-order valence-electron chi connectivity index (χ0n) is 10.4. The van der Waals surface area contributed by atoms with Crippen LogP contribution in [0.4, 0.5) is 0 Å². The minimum Gasteiger partial charge on any atom is -0.384 e. The predicted molar refractivity (Wildman–Crippen MR) is 62.1 cm³/mol. The van der Waals surface area contributed by atoms with Gasteiger partial charge in [0.2, 0.25) is 0 Å². The van der Waals surface area contributed by atoms with E-state index in [1.165, 1.54) is 0 Å². The Hall–Kier alpha value is -0.630. The second kappa shape index (κ2) is 6.34. The van der Waals surface area contributed by atoms with Crippen molar-refractivity contribution in [3.8, 4) is 6.07 Å². The third-order valence-corrected chi connectivity index (χ3v) is 3.73. The Labute approximate surface area is 103 Å². The maximum atomic E-state index is 8.86. The van der Waals surface area contributed by atoms with Crippen LogP contribution in [0.3, 0.4) is 0 Å². The molecule has 1 saturated carbocycles. The molecule has 4 heteroatoms. The van der Waals surface area contributed by atoms with Gasteiger partial charge in [-0.15, -0.1) is 0 Å². The molecule has 0 bridgehead atoms. The molecule has 0 amide bonds. The van der Waals surface area contributed by atoms with Gasteiger partial charge in [0.05, 0.1) is 25.9 Å². The summed E-state index contributed by atoms with van der Waals surface area (Å²) in [5.74, 6) is 1.09. The van der Waals surface area contributed by atoms with E-state index in [4.69, 9.17) is 19.5 Å². The summed E-state index contributed by atoms with van der Waals surface area (Å²) in [5.41, 5.74) is 0. The molecule has 0 unspecified atom stereocenters. The molecule has 0 aromatic carbocycles. The highest BCUT2D eigenvalue weighted by Crippen LogP contribution is 2.33. The molecule has 0 N–H and O–H groups in total. The Morgan fingerprint density at radius 3 is 2.35 bits per heavy atom. The van der Waals surface area contributed by atoms with Gasteiger partial charge < -0.3 is 14.2 Å². The summed E-state index contributed by atoms with van der Waals surface area (Å²) in [6.07, 6.45) is 4.04. The first kappa shape index (κ1) is 12.8. The molecule has 4 nitrogen and oxygen atoms in total. The fourth-order valence-electron chi connectivity index (χ4n) is 2.68. The average molecular weight is 239 g/mol. The second-order valence-corrected chi connectivity index (χ2v) is 5.10. The van der Waals surface area contributed by atoms with Gasteiger partial charge in [-0.05, 0) is 25.7 Å². The van der Waals surface area contributed by atoms with E-state index in [1.54, 1.807) is 7.11 Å². The van der Waals surface area contributed by atoms with Crippen molar-refractivity contribution >= 4 is 0 Å². The largest absolute Gasteiger partial charge is 0.384 e. The molecule has 2 rings (SSSR count). The van der Waals surface area contributed by atoms with Gasteiger partial charge in [-0.1, -0.05) is 0 Å². The molecule has 17 heavy (non-hydrogen) atoms.